The lowest BCUT2D eigenvalue weighted by molar-refractivity contribution is -0.131. The Morgan fingerprint density at radius 3 is 0.882 bits per heavy atom. The van der Waals surface area contributed by atoms with E-state index in [1.165, 1.54) is 283 Å². The molecule has 1 amide bonds. The van der Waals surface area contributed by atoms with E-state index in [9.17, 15) is 20.1 Å². The highest BCUT2D eigenvalue weighted by molar-refractivity contribution is 5.80. The molecule has 0 bridgehead atoms. The third-order valence-electron chi connectivity index (χ3n) is 14.8. The van der Waals surface area contributed by atoms with Crippen molar-refractivity contribution in [2.24, 2.45) is 0 Å². The number of aliphatic hydroxyl groups excluding tert-OH is 3. The number of nitrogens with one attached hydrogen (secondary N) is 1. The van der Waals surface area contributed by atoms with E-state index in [0.29, 0.717) is 12.8 Å². The summed E-state index contributed by atoms with van der Waals surface area (Å²) in [7, 11) is 0. The molecule has 3 unspecified atom stereocenters. The third-order valence-corrected chi connectivity index (χ3v) is 14.8. The van der Waals surface area contributed by atoms with E-state index in [1.54, 1.807) is 0 Å². The smallest absolute Gasteiger partial charge is 0.249 e. The van der Waals surface area contributed by atoms with Crippen LogP contribution in [-0.2, 0) is 4.79 Å². The zero-order valence-electron chi connectivity index (χ0n) is 46.3. The SMILES string of the molecule is CCCCCCCCCCCCCCC/C=C\C/C=C\CCCCCCCCCCCCCCCCCCC(O)C(=O)NC(CO)C(O)CCCCCCCCCCCCCCCCCCCC. The quantitative estimate of drug-likeness (QED) is 0.0361. The summed E-state index contributed by atoms with van der Waals surface area (Å²) in [6.07, 6.45) is 75.4. The number of allylic oxidation sites excluding steroid dienone is 4. The summed E-state index contributed by atoms with van der Waals surface area (Å²) in [6, 6.07) is -0.711. The van der Waals surface area contributed by atoms with Crippen LogP contribution in [0, 0.1) is 0 Å². The van der Waals surface area contributed by atoms with Crippen LogP contribution in [0.4, 0.5) is 0 Å². The van der Waals surface area contributed by atoms with Crippen LogP contribution in [0.1, 0.15) is 348 Å². The molecule has 0 fully saturated rings. The number of rotatable bonds is 58. The lowest BCUT2D eigenvalue weighted by Crippen LogP contribution is -2.49. The summed E-state index contributed by atoms with van der Waals surface area (Å²) in [4.78, 5) is 12.6. The van der Waals surface area contributed by atoms with E-state index < -0.39 is 24.2 Å². The first-order valence-electron chi connectivity index (χ1n) is 31.1. The summed E-state index contributed by atoms with van der Waals surface area (Å²) in [5, 5.41) is 33.6. The van der Waals surface area contributed by atoms with Crippen molar-refractivity contribution in [3.05, 3.63) is 24.3 Å². The zero-order valence-corrected chi connectivity index (χ0v) is 46.3. The molecule has 404 valence electrons. The van der Waals surface area contributed by atoms with Gasteiger partial charge >= 0.3 is 0 Å². The molecule has 4 N–H and O–H groups in total. The number of amides is 1. The summed E-state index contributed by atoms with van der Waals surface area (Å²) >= 11 is 0. The molecule has 0 saturated heterocycles. The highest BCUT2D eigenvalue weighted by Crippen LogP contribution is 2.18. The number of hydrogen-bond acceptors (Lipinski definition) is 4. The molecule has 0 rings (SSSR count). The highest BCUT2D eigenvalue weighted by atomic mass is 16.3. The van der Waals surface area contributed by atoms with Crippen molar-refractivity contribution in [3.63, 3.8) is 0 Å². The van der Waals surface area contributed by atoms with E-state index >= 15 is 0 Å². The predicted octanol–water partition coefficient (Wildman–Crippen LogP) is 19.6. The van der Waals surface area contributed by atoms with Crippen molar-refractivity contribution < 1.29 is 20.1 Å². The molecule has 0 aromatic carbocycles. The van der Waals surface area contributed by atoms with Crippen molar-refractivity contribution in [2.75, 3.05) is 6.61 Å². The number of aliphatic hydroxyl groups is 3. The fourth-order valence-corrected chi connectivity index (χ4v) is 9.99. The first kappa shape index (κ1) is 66.8. The van der Waals surface area contributed by atoms with Crippen molar-refractivity contribution in [1.29, 1.82) is 0 Å². The molecule has 0 aliphatic carbocycles. The van der Waals surface area contributed by atoms with Gasteiger partial charge in [-0.1, -0.05) is 327 Å². The van der Waals surface area contributed by atoms with E-state index in [4.69, 9.17) is 0 Å². The Morgan fingerprint density at radius 1 is 0.353 bits per heavy atom. The Kier molecular flexibility index (Phi) is 57.4. The van der Waals surface area contributed by atoms with E-state index in [0.717, 1.165) is 38.5 Å². The molecule has 3 atom stereocenters. The summed E-state index contributed by atoms with van der Waals surface area (Å²) in [5.41, 5.74) is 0. The topological polar surface area (TPSA) is 89.8 Å². The van der Waals surface area contributed by atoms with Gasteiger partial charge < -0.3 is 20.6 Å². The van der Waals surface area contributed by atoms with E-state index in [2.05, 4.69) is 43.5 Å². The Hall–Kier alpha value is -1.17. The molecule has 0 heterocycles. The van der Waals surface area contributed by atoms with Gasteiger partial charge in [0.05, 0.1) is 18.8 Å². The van der Waals surface area contributed by atoms with Crippen LogP contribution in [0.15, 0.2) is 24.3 Å². The summed E-state index contributed by atoms with van der Waals surface area (Å²) < 4.78 is 0. The van der Waals surface area contributed by atoms with E-state index in [1.807, 2.05) is 0 Å². The van der Waals surface area contributed by atoms with Crippen LogP contribution in [-0.4, -0.2) is 46.1 Å². The molecule has 0 aliphatic rings. The lowest BCUT2D eigenvalue weighted by Gasteiger charge is -2.23. The van der Waals surface area contributed by atoms with Gasteiger partial charge in [-0.3, -0.25) is 4.79 Å². The van der Waals surface area contributed by atoms with Gasteiger partial charge in [0.2, 0.25) is 5.91 Å². The Labute approximate surface area is 426 Å². The number of carbonyl (C=O) groups excluding carboxylic acids is 1. The maximum atomic E-state index is 12.6. The van der Waals surface area contributed by atoms with Crippen LogP contribution in [0.3, 0.4) is 0 Å². The molecule has 0 saturated carbocycles. The Balaban J connectivity index is 3.47. The molecule has 0 aliphatic heterocycles. The first-order chi connectivity index (χ1) is 33.6. The number of unbranched alkanes of at least 4 members (excludes halogenated alkanes) is 46. The van der Waals surface area contributed by atoms with Gasteiger partial charge in [0.25, 0.3) is 0 Å². The fourth-order valence-electron chi connectivity index (χ4n) is 9.99. The normalized spacial score (nSPS) is 13.3. The van der Waals surface area contributed by atoms with Crippen LogP contribution < -0.4 is 5.32 Å². The fraction of sp³-hybridized carbons (Fsp3) is 0.921. The van der Waals surface area contributed by atoms with Gasteiger partial charge in [-0.15, -0.1) is 0 Å². The van der Waals surface area contributed by atoms with Gasteiger partial charge in [-0.2, -0.15) is 0 Å². The molecule has 0 aromatic heterocycles. The Morgan fingerprint density at radius 2 is 0.603 bits per heavy atom. The minimum Gasteiger partial charge on any atom is -0.394 e. The van der Waals surface area contributed by atoms with E-state index in [-0.39, 0.29) is 6.61 Å². The van der Waals surface area contributed by atoms with Crippen molar-refractivity contribution in [3.8, 4) is 0 Å². The molecule has 0 radical (unpaired) electrons. The first-order valence-corrected chi connectivity index (χ1v) is 31.1. The largest absolute Gasteiger partial charge is 0.394 e. The van der Waals surface area contributed by atoms with Gasteiger partial charge in [-0.05, 0) is 44.9 Å². The molecule has 5 nitrogen and oxygen atoms in total. The molecule has 68 heavy (non-hydrogen) atoms. The van der Waals surface area contributed by atoms with Gasteiger partial charge in [0.1, 0.15) is 6.10 Å². The predicted molar refractivity (Wildman–Crippen MR) is 301 cm³/mol. The van der Waals surface area contributed by atoms with Crippen LogP contribution >= 0.6 is 0 Å². The minimum absolute atomic E-state index is 0.310. The third kappa shape index (κ3) is 52.6. The average molecular weight is 959 g/mol. The molecular weight excluding hydrogens is 835 g/mol. The van der Waals surface area contributed by atoms with Crippen molar-refractivity contribution in [1.82, 2.24) is 5.32 Å². The summed E-state index contributed by atoms with van der Waals surface area (Å²) in [6.45, 7) is 4.27. The molecule has 5 heteroatoms. The minimum atomic E-state index is -1.07. The van der Waals surface area contributed by atoms with Crippen LogP contribution in [0.5, 0.6) is 0 Å². The van der Waals surface area contributed by atoms with Crippen molar-refractivity contribution >= 4 is 5.91 Å². The second kappa shape index (κ2) is 58.4. The molecule has 0 spiro atoms. The molecular formula is C63H123NO4. The number of hydrogen-bond donors (Lipinski definition) is 4. The lowest BCUT2D eigenvalue weighted by atomic mass is 10.0. The monoisotopic (exact) mass is 958 g/mol. The highest BCUT2D eigenvalue weighted by Gasteiger charge is 2.23. The average Bonchev–Trinajstić information content (AvgIpc) is 3.34. The second-order valence-electron chi connectivity index (χ2n) is 21.6. The van der Waals surface area contributed by atoms with Crippen molar-refractivity contribution in [2.45, 2.75) is 366 Å². The standard InChI is InChI=1S/C63H123NO4/c1-3-5-7-9-11-13-15-17-19-21-23-24-25-26-27-28-29-30-31-32-33-34-35-36-37-38-39-40-42-44-46-48-50-52-54-56-58-62(67)63(68)64-60(59-65)61(66)57-55-53-51-49-47-45-43-41-22-20-18-16-14-12-10-8-6-4-2/h27-28,30-31,60-62,65-67H,3-26,29,32-59H2,1-2H3,(H,64,68)/b28-27-,31-30-. The van der Waals surface area contributed by atoms with Crippen LogP contribution in [0.2, 0.25) is 0 Å². The zero-order chi connectivity index (χ0) is 49.3. The maximum absolute atomic E-state index is 12.6. The van der Waals surface area contributed by atoms with Gasteiger partial charge in [0, 0.05) is 0 Å². The Bertz CT molecular complexity index is 1010. The van der Waals surface area contributed by atoms with Gasteiger partial charge in [-0.25, -0.2) is 0 Å². The number of carbonyl (C=O) groups is 1. The van der Waals surface area contributed by atoms with Crippen LogP contribution in [0.25, 0.3) is 0 Å². The second-order valence-corrected chi connectivity index (χ2v) is 21.6. The summed E-state index contributed by atoms with van der Waals surface area (Å²) in [5.74, 6) is -0.465. The maximum Gasteiger partial charge on any atom is 0.249 e. The van der Waals surface area contributed by atoms with Gasteiger partial charge in [0.15, 0.2) is 0 Å². The molecule has 0 aromatic rings.